The number of benzene rings is 1. The summed E-state index contributed by atoms with van der Waals surface area (Å²) in [6.07, 6.45) is 1.93. The number of esters is 1. The Morgan fingerprint density at radius 3 is 2.88 bits per heavy atom. The summed E-state index contributed by atoms with van der Waals surface area (Å²) < 4.78 is 6.54. The maximum atomic E-state index is 12.5. The number of halogens is 1. The van der Waals surface area contributed by atoms with Crippen LogP contribution in [0.15, 0.2) is 33.6 Å². The Morgan fingerprint density at radius 1 is 1.44 bits per heavy atom. The Morgan fingerprint density at radius 2 is 2.20 bits per heavy atom. The number of hydrogen-bond donors (Lipinski definition) is 0. The molecule has 0 N–H and O–H groups in total. The summed E-state index contributed by atoms with van der Waals surface area (Å²) in [7, 11) is 3.82. The molecule has 5 nitrogen and oxygen atoms in total. The van der Waals surface area contributed by atoms with Crippen molar-refractivity contribution in [2.24, 2.45) is 0 Å². The molecule has 1 amide bonds. The van der Waals surface area contributed by atoms with Crippen molar-refractivity contribution >= 4 is 62.2 Å². The number of rotatable bonds is 7. The van der Waals surface area contributed by atoms with Gasteiger partial charge in [-0.1, -0.05) is 52.0 Å². The molecule has 8 heteroatoms. The molecule has 1 heterocycles. The van der Waals surface area contributed by atoms with Crippen molar-refractivity contribution in [2.45, 2.75) is 6.42 Å². The molecule has 0 aliphatic carbocycles. The normalized spacial score (nSPS) is 16.2. The lowest BCUT2D eigenvalue weighted by molar-refractivity contribution is -0.144. The second-order valence-electron chi connectivity index (χ2n) is 5.66. The zero-order valence-corrected chi connectivity index (χ0v) is 17.2. The number of nitrogens with zero attached hydrogens (tertiary/aromatic N) is 2. The minimum absolute atomic E-state index is 0.129. The highest BCUT2D eigenvalue weighted by Crippen LogP contribution is 2.32. The summed E-state index contributed by atoms with van der Waals surface area (Å²) in [6, 6.07) is 7.67. The Bertz CT molecular complexity index is 707. The fourth-order valence-electron chi connectivity index (χ4n) is 2.06. The molecule has 1 fully saturated rings. The van der Waals surface area contributed by atoms with Gasteiger partial charge in [0.1, 0.15) is 10.9 Å². The number of thiocarbonyl (C=S) groups is 1. The maximum absolute atomic E-state index is 12.5. The molecule has 0 bridgehead atoms. The summed E-state index contributed by atoms with van der Waals surface area (Å²) in [5.74, 6) is -0.497. The highest BCUT2D eigenvalue weighted by atomic mass is 79.9. The molecule has 25 heavy (non-hydrogen) atoms. The van der Waals surface area contributed by atoms with Crippen LogP contribution in [-0.4, -0.2) is 59.8 Å². The van der Waals surface area contributed by atoms with Gasteiger partial charge in [-0.05, 0) is 37.9 Å². The maximum Gasteiger partial charge on any atom is 0.307 e. The molecule has 1 aliphatic rings. The number of ether oxygens (including phenoxy) is 1. The Labute approximate surface area is 165 Å². The largest absolute Gasteiger partial charge is 0.464 e. The quantitative estimate of drug-likeness (QED) is 0.367. The minimum atomic E-state index is -0.327. The fraction of sp³-hybridized carbons (Fsp3) is 0.353. The summed E-state index contributed by atoms with van der Waals surface area (Å²) in [5, 5.41) is 0. The van der Waals surface area contributed by atoms with Crippen LogP contribution >= 0.6 is 39.9 Å². The van der Waals surface area contributed by atoms with E-state index < -0.39 is 0 Å². The molecule has 0 aromatic heterocycles. The second-order valence-corrected chi connectivity index (χ2v) is 8.25. The third-order valence-electron chi connectivity index (χ3n) is 3.36. The fourth-order valence-corrected chi connectivity index (χ4v) is 3.78. The van der Waals surface area contributed by atoms with Gasteiger partial charge < -0.3 is 9.64 Å². The summed E-state index contributed by atoms with van der Waals surface area (Å²) in [5.41, 5.74) is 0.915. The number of likely N-dealkylation sites (N-methyl/N-ethyl adjacent to an activating group) is 1. The van der Waals surface area contributed by atoms with Crippen LogP contribution < -0.4 is 0 Å². The molecule has 0 radical (unpaired) electrons. The van der Waals surface area contributed by atoms with E-state index in [9.17, 15) is 9.59 Å². The van der Waals surface area contributed by atoms with Gasteiger partial charge in [0, 0.05) is 17.6 Å². The molecule has 0 unspecified atom stereocenters. The SMILES string of the molecule is CN(C)CCOC(=O)CCN1C(=O)/C(=C/c2cccc(Br)c2)SC1=S. The lowest BCUT2D eigenvalue weighted by Crippen LogP contribution is -2.31. The van der Waals surface area contributed by atoms with Crippen LogP contribution in [0.3, 0.4) is 0 Å². The number of amides is 1. The zero-order valence-electron chi connectivity index (χ0n) is 14.0. The average Bonchev–Trinajstić information content (AvgIpc) is 2.79. The standard InChI is InChI=1S/C17H19BrN2O3S2/c1-19(2)8-9-23-15(21)6-7-20-16(22)14(25-17(20)24)11-12-4-3-5-13(18)10-12/h3-5,10-11H,6-9H2,1-2H3/b14-11-. The molecule has 0 saturated carbocycles. The van der Waals surface area contributed by atoms with Crippen molar-refractivity contribution in [3.05, 3.63) is 39.2 Å². The molecule has 0 spiro atoms. The van der Waals surface area contributed by atoms with E-state index in [-0.39, 0.29) is 24.8 Å². The average molecular weight is 443 g/mol. The predicted molar refractivity (Wildman–Crippen MR) is 108 cm³/mol. The van der Waals surface area contributed by atoms with Gasteiger partial charge in [-0.2, -0.15) is 0 Å². The van der Waals surface area contributed by atoms with Crippen molar-refractivity contribution in [1.29, 1.82) is 0 Å². The van der Waals surface area contributed by atoms with Gasteiger partial charge >= 0.3 is 5.97 Å². The molecule has 1 saturated heterocycles. The van der Waals surface area contributed by atoms with Gasteiger partial charge in [0.25, 0.3) is 5.91 Å². The van der Waals surface area contributed by atoms with E-state index in [0.29, 0.717) is 22.4 Å². The number of hydrogen-bond acceptors (Lipinski definition) is 6. The van der Waals surface area contributed by atoms with Crippen LogP contribution in [0.2, 0.25) is 0 Å². The van der Waals surface area contributed by atoms with Crippen molar-refractivity contribution in [3.8, 4) is 0 Å². The zero-order chi connectivity index (χ0) is 18.4. The predicted octanol–water partition coefficient (Wildman–Crippen LogP) is 3.15. The van der Waals surface area contributed by atoms with Crippen molar-refractivity contribution in [2.75, 3.05) is 33.8 Å². The molecule has 2 rings (SSSR count). The Hall–Kier alpha value is -1.22. The van der Waals surface area contributed by atoms with Gasteiger partial charge in [0.15, 0.2) is 0 Å². The first-order valence-electron chi connectivity index (χ1n) is 7.68. The second kappa shape index (κ2) is 9.47. The monoisotopic (exact) mass is 442 g/mol. The van der Waals surface area contributed by atoms with Crippen LogP contribution in [0.4, 0.5) is 0 Å². The Kier molecular flexibility index (Phi) is 7.61. The van der Waals surface area contributed by atoms with Crippen LogP contribution in [-0.2, 0) is 14.3 Å². The molecule has 1 aliphatic heterocycles. The molecule has 1 aromatic carbocycles. The van der Waals surface area contributed by atoms with E-state index in [2.05, 4.69) is 15.9 Å². The highest BCUT2D eigenvalue weighted by molar-refractivity contribution is 9.10. The topological polar surface area (TPSA) is 49.9 Å². The van der Waals surface area contributed by atoms with Crippen LogP contribution in [0, 0.1) is 0 Å². The first-order valence-corrected chi connectivity index (χ1v) is 9.70. The minimum Gasteiger partial charge on any atom is -0.464 e. The van der Waals surface area contributed by atoms with Crippen molar-refractivity contribution in [3.63, 3.8) is 0 Å². The number of thioether (sulfide) groups is 1. The summed E-state index contributed by atoms with van der Waals surface area (Å²) in [6.45, 7) is 1.25. The van der Waals surface area contributed by atoms with Gasteiger partial charge in [0.05, 0.1) is 11.3 Å². The van der Waals surface area contributed by atoms with E-state index in [1.54, 1.807) is 6.08 Å². The molecule has 0 atom stereocenters. The summed E-state index contributed by atoms with van der Waals surface area (Å²) in [4.78, 5) is 28.2. The molecular formula is C17H19BrN2O3S2. The van der Waals surface area contributed by atoms with Gasteiger partial charge in [-0.3, -0.25) is 14.5 Å². The van der Waals surface area contributed by atoms with Gasteiger partial charge in [0.2, 0.25) is 0 Å². The van der Waals surface area contributed by atoms with Crippen molar-refractivity contribution in [1.82, 2.24) is 9.80 Å². The molecule has 1 aromatic rings. The van der Waals surface area contributed by atoms with Gasteiger partial charge in [-0.15, -0.1) is 0 Å². The van der Waals surface area contributed by atoms with E-state index in [0.717, 1.165) is 10.0 Å². The lowest BCUT2D eigenvalue weighted by Gasteiger charge is -2.14. The van der Waals surface area contributed by atoms with E-state index in [1.807, 2.05) is 43.3 Å². The highest BCUT2D eigenvalue weighted by Gasteiger charge is 2.32. The van der Waals surface area contributed by atoms with E-state index >= 15 is 0 Å². The third-order valence-corrected chi connectivity index (χ3v) is 5.23. The van der Waals surface area contributed by atoms with Crippen LogP contribution in [0.25, 0.3) is 6.08 Å². The first kappa shape index (κ1) is 20.1. The Balaban J connectivity index is 1.91. The smallest absolute Gasteiger partial charge is 0.307 e. The van der Waals surface area contributed by atoms with Gasteiger partial charge in [-0.25, -0.2) is 0 Å². The van der Waals surface area contributed by atoms with Crippen molar-refractivity contribution < 1.29 is 14.3 Å². The molecular weight excluding hydrogens is 424 g/mol. The first-order chi connectivity index (χ1) is 11.9. The number of carbonyl (C=O) groups excluding carboxylic acids is 2. The molecule has 134 valence electrons. The lowest BCUT2D eigenvalue weighted by atomic mass is 10.2. The van der Waals surface area contributed by atoms with Crippen LogP contribution in [0.5, 0.6) is 0 Å². The third kappa shape index (κ3) is 6.22. The van der Waals surface area contributed by atoms with Crippen LogP contribution in [0.1, 0.15) is 12.0 Å². The number of carbonyl (C=O) groups is 2. The van der Waals surface area contributed by atoms with E-state index in [4.69, 9.17) is 17.0 Å². The summed E-state index contributed by atoms with van der Waals surface area (Å²) >= 11 is 9.93. The van der Waals surface area contributed by atoms with E-state index in [1.165, 1.54) is 16.7 Å².